The zero-order valence-corrected chi connectivity index (χ0v) is 9.19. The molecular weight excluding hydrogens is 176 g/mol. The predicted molar refractivity (Wildman–Crippen MR) is 58.1 cm³/mol. The molecule has 2 unspecified atom stereocenters. The molecule has 2 atom stereocenters. The van der Waals surface area contributed by atoms with E-state index in [-0.39, 0.29) is 6.04 Å². The molecule has 0 amide bonds. The van der Waals surface area contributed by atoms with Crippen LogP contribution in [0.2, 0.25) is 0 Å². The molecule has 0 bridgehead atoms. The number of azide groups is 1. The summed E-state index contributed by atoms with van der Waals surface area (Å²) in [6.45, 7) is 7.74. The second-order valence-corrected chi connectivity index (χ2v) is 4.15. The Kier molecular flexibility index (Phi) is 4.77. The predicted octanol–water partition coefficient (Wildman–Crippen LogP) is 2.81. The molecule has 0 saturated carbocycles. The first-order valence-corrected chi connectivity index (χ1v) is 5.54. The number of likely N-dealkylation sites (tertiary alicyclic amines) is 1. The molecule has 1 heterocycles. The van der Waals surface area contributed by atoms with Crippen LogP contribution in [0.5, 0.6) is 0 Å². The summed E-state index contributed by atoms with van der Waals surface area (Å²) in [6.07, 6.45) is 3.67. The minimum absolute atomic E-state index is 0.152. The average molecular weight is 196 g/mol. The van der Waals surface area contributed by atoms with Crippen molar-refractivity contribution in [1.29, 1.82) is 0 Å². The summed E-state index contributed by atoms with van der Waals surface area (Å²) in [5.41, 5.74) is 8.38. The van der Waals surface area contributed by atoms with Gasteiger partial charge in [0.05, 0.1) is 0 Å². The van der Waals surface area contributed by atoms with Gasteiger partial charge in [-0.1, -0.05) is 19.0 Å². The molecule has 1 fully saturated rings. The van der Waals surface area contributed by atoms with Gasteiger partial charge in [0.25, 0.3) is 0 Å². The van der Waals surface area contributed by atoms with Crippen molar-refractivity contribution in [2.75, 3.05) is 19.6 Å². The zero-order chi connectivity index (χ0) is 10.4. The van der Waals surface area contributed by atoms with Crippen molar-refractivity contribution in [1.82, 2.24) is 4.90 Å². The third-order valence-electron chi connectivity index (χ3n) is 3.00. The number of piperidine rings is 1. The molecule has 0 aliphatic carbocycles. The van der Waals surface area contributed by atoms with Crippen LogP contribution in [0.4, 0.5) is 0 Å². The summed E-state index contributed by atoms with van der Waals surface area (Å²) in [5.74, 6) is 0.561. The topological polar surface area (TPSA) is 52.0 Å². The number of nitrogens with zero attached hydrogens (tertiary/aromatic N) is 4. The molecule has 0 spiro atoms. The highest BCUT2D eigenvalue weighted by molar-refractivity contribution is 4.80. The molecule has 0 radical (unpaired) electrons. The molecule has 0 N–H and O–H groups in total. The maximum absolute atomic E-state index is 8.38. The molecule has 14 heavy (non-hydrogen) atoms. The van der Waals surface area contributed by atoms with Crippen LogP contribution >= 0.6 is 0 Å². The first-order valence-electron chi connectivity index (χ1n) is 5.54. The van der Waals surface area contributed by atoms with E-state index in [2.05, 4.69) is 21.8 Å². The van der Waals surface area contributed by atoms with E-state index in [9.17, 15) is 0 Å². The molecule has 1 saturated heterocycles. The van der Waals surface area contributed by atoms with Gasteiger partial charge in [-0.2, -0.15) is 0 Å². The summed E-state index contributed by atoms with van der Waals surface area (Å²) < 4.78 is 0. The van der Waals surface area contributed by atoms with E-state index in [1.54, 1.807) is 0 Å². The SMILES string of the molecule is CCCN1CCCC(C(C)N=[N+]=[N-])C1. The van der Waals surface area contributed by atoms with Gasteiger partial charge in [0, 0.05) is 17.5 Å². The maximum atomic E-state index is 8.38. The van der Waals surface area contributed by atoms with Gasteiger partial charge in [-0.15, -0.1) is 0 Å². The Morgan fingerprint density at radius 2 is 2.43 bits per heavy atom. The summed E-state index contributed by atoms with van der Waals surface area (Å²) in [4.78, 5) is 5.37. The summed E-state index contributed by atoms with van der Waals surface area (Å²) in [6, 6.07) is 0.152. The Balaban J connectivity index is 2.42. The lowest BCUT2D eigenvalue weighted by Crippen LogP contribution is -2.39. The highest BCUT2D eigenvalue weighted by Crippen LogP contribution is 2.21. The Labute approximate surface area is 85.9 Å². The van der Waals surface area contributed by atoms with Gasteiger partial charge < -0.3 is 4.90 Å². The molecule has 4 heteroatoms. The van der Waals surface area contributed by atoms with Crippen LogP contribution in [0.15, 0.2) is 5.11 Å². The second kappa shape index (κ2) is 5.89. The van der Waals surface area contributed by atoms with E-state index < -0.39 is 0 Å². The van der Waals surface area contributed by atoms with Crippen LogP contribution in [-0.2, 0) is 0 Å². The van der Waals surface area contributed by atoms with Gasteiger partial charge in [0.15, 0.2) is 0 Å². The summed E-state index contributed by atoms with van der Waals surface area (Å²) >= 11 is 0. The fraction of sp³-hybridized carbons (Fsp3) is 1.00. The lowest BCUT2D eigenvalue weighted by molar-refractivity contribution is 0.161. The monoisotopic (exact) mass is 196 g/mol. The standard InChI is InChI=1S/C10H20N4/c1-3-6-14-7-4-5-10(8-14)9(2)12-13-11/h9-10H,3-8H2,1-2H3. The first kappa shape index (κ1) is 11.3. The Bertz CT molecular complexity index is 208. The van der Waals surface area contributed by atoms with Crippen molar-refractivity contribution in [3.63, 3.8) is 0 Å². The van der Waals surface area contributed by atoms with Gasteiger partial charge in [0.2, 0.25) is 0 Å². The van der Waals surface area contributed by atoms with Gasteiger partial charge >= 0.3 is 0 Å². The lowest BCUT2D eigenvalue weighted by Gasteiger charge is -2.34. The maximum Gasteiger partial charge on any atom is 0.0386 e. The van der Waals surface area contributed by atoms with E-state index >= 15 is 0 Å². The third kappa shape index (κ3) is 3.20. The highest BCUT2D eigenvalue weighted by atomic mass is 15.2. The lowest BCUT2D eigenvalue weighted by atomic mass is 9.92. The molecule has 4 nitrogen and oxygen atoms in total. The minimum Gasteiger partial charge on any atom is -0.303 e. The number of rotatable bonds is 4. The van der Waals surface area contributed by atoms with Gasteiger partial charge in [-0.3, -0.25) is 0 Å². The van der Waals surface area contributed by atoms with Gasteiger partial charge in [-0.05, 0) is 43.8 Å². The first-order chi connectivity index (χ1) is 6.77. The zero-order valence-electron chi connectivity index (χ0n) is 9.19. The smallest absolute Gasteiger partial charge is 0.0386 e. The molecule has 1 aliphatic heterocycles. The van der Waals surface area contributed by atoms with Crippen molar-refractivity contribution >= 4 is 0 Å². The largest absolute Gasteiger partial charge is 0.303 e. The molecule has 1 rings (SSSR count). The van der Waals surface area contributed by atoms with Gasteiger partial charge in [0.1, 0.15) is 0 Å². The van der Waals surface area contributed by atoms with E-state index in [1.165, 1.54) is 32.4 Å². The van der Waals surface area contributed by atoms with Crippen LogP contribution < -0.4 is 0 Å². The fourth-order valence-corrected chi connectivity index (χ4v) is 2.18. The number of hydrogen-bond acceptors (Lipinski definition) is 2. The number of hydrogen-bond donors (Lipinski definition) is 0. The average Bonchev–Trinajstić information content (AvgIpc) is 2.19. The second-order valence-electron chi connectivity index (χ2n) is 4.15. The van der Waals surface area contributed by atoms with Crippen LogP contribution in [-0.4, -0.2) is 30.6 Å². The quantitative estimate of drug-likeness (QED) is 0.387. The van der Waals surface area contributed by atoms with Crippen molar-refractivity contribution in [2.24, 2.45) is 11.0 Å². The molecule has 0 aromatic rings. The van der Waals surface area contributed by atoms with E-state index in [0.717, 1.165) is 6.54 Å². The van der Waals surface area contributed by atoms with Crippen LogP contribution in [0.25, 0.3) is 10.4 Å². The summed E-state index contributed by atoms with van der Waals surface area (Å²) in [7, 11) is 0. The molecule has 1 aliphatic rings. The van der Waals surface area contributed by atoms with Crippen molar-refractivity contribution in [3.05, 3.63) is 10.4 Å². The van der Waals surface area contributed by atoms with Gasteiger partial charge in [-0.25, -0.2) is 0 Å². The molecule has 0 aromatic heterocycles. The minimum atomic E-state index is 0.152. The Morgan fingerprint density at radius 3 is 3.07 bits per heavy atom. The van der Waals surface area contributed by atoms with Crippen molar-refractivity contribution in [3.8, 4) is 0 Å². The normalized spacial score (nSPS) is 25.4. The fourth-order valence-electron chi connectivity index (χ4n) is 2.18. The highest BCUT2D eigenvalue weighted by Gasteiger charge is 2.23. The van der Waals surface area contributed by atoms with Crippen LogP contribution in [0.3, 0.4) is 0 Å². The van der Waals surface area contributed by atoms with E-state index in [4.69, 9.17) is 5.53 Å². The Hall–Kier alpha value is -0.730. The van der Waals surface area contributed by atoms with Crippen molar-refractivity contribution < 1.29 is 0 Å². The molecule has 0 aromatic carbocycles. The van der Waals surface area contributed by atoms with Crippen LogP contribution in [0, 0.1) is 5.92 Å². The van der Waals surface area contributed by atoms with Crippen molar-refractivity contribution in [2.45, 2.75) is 39.2 Å². The molecular formula is C10H20N4. The molecule has 80 valence electrons. The van der Waals surface area contributed by atoms with E-state index in [0.29, 0.717) is 5.92 Å². The Morgan fingerprint density at radius 1 is 1.64 bits per heavy atom. The van der Waals surface area contributed by atoms with E-state index in [1.807, 2.05) is 6.92 Å². The summed E-state index contributed by atoms with van der Waals surface area (Å²) in [5, 5.41) is 3.80. The third-order valence-corrected chi connectivity index (χ3v) is 3.00. The van der Waals surface area contributed by atoms with Crippen LogP contribution in [0.1, 0.15) is 33.1 Å².